The maximum atomic E-state index is 13.5. The van der Waals surface area contributed by atoms with Gasteiger partial charge in [-0.15, -0.1) is 0 Å². The molecule has 2 fully saturated rings. The van der Waals surface area contributed by atoms with Gasteiger partial charge in [0, 0.05) is 28.5 Å². The number of benzene rings is 2. The Hall–Kier alpha value is -1.55. The van der Waals surface area contributed by atoms with Gasteiger partial charge < -0.3 is 9.64 Å². The van der Waals surface area contributed by atoms with Crippen LogP contribution in [0.15, 0.2) is 48.5 Å². The van der Waals surface area contributed by atoms with E-state index in [1.54, 1.807) is 0 Å². The van der Waals surface area contributed by atoms with Crippen molar-refractivity contribution in [3.8, 4) is 0 Å². The van der Waals surface area contributed by atoms with E-state index in [9.17, 15) is 4.79 Å². The molecular formula is C26H31Cl2NO2. The molecule has 2 aromatic carbocycles. The quantitative estimate of drug-likeness (QED) is 0.429. The third-order valence-electron chi connectivity index (χ3n) is 6.68. The number of hydrogen-bond donors (Lipinski definition) is 0. The maximum absolute atomic E-state index is 13.5. The number of amides is 1. The fourth-order valence-corrected chi connectivity index (χ4v) is 5.09. The van der Waals surface area contributed by atoms with E-state index in [0.29, 0.717) is 17.5 Å². The van der Waals surface area contributed by atoms with Crippen molar-refractivity contribution in [3.05, 3.63) is 69.7 Å². The predicted molar refractivity (Wildman–Crippen MR) is 127 cm³/mol. The molecule has 1 saturated carbocycles. The molecule has 1 heterocycles. The van der Waals surface area contributed by atoms with Crippen molar-refractivity contribution in [2.45, 2.75) is 57.5 Å². The second-order valence-corrected chi connectivity index (χ2v) is 9.96. The van der Waals surface area contributed by atoms with E-state index in [-0.39, 0.29) is 29.8 Å². The predicted octanol–water partition coefficient (Wildman–Crippen LogP) is 6.89. The third kappa shape index (κ3) is 5.27. The molecule has 0 aromatic heterocycles. The summed E-state index contributed by atoms with van der Waals surface area (Å²) in [6, 6.07) is 16.0. The highest BCUT2D eigenvalue weighted by atomic mass is 35.5. The average molecular weight is 460 g/mol. The van der Waals surface area contributed by atoms with E-state index in [0.717, 1.165) is 30.0 Å². The smallest absolute Gasteiger partial charge is 0.226 e. The summed E-state index contributed by atoms with van der Waals surface area (Å²) in [7, 11) is 0. The monoisotopic (exact) mass is 459 g/mol. The number of piperidine rings is 1. The summed E-state index contributed by atoms with van der Waals surface area (Å²) in [4.78, 5) is 15.7. The molecule has 4 atom stereocenters. The summed E-state index contributed by atoms with van der Waals surface area (Å²) in [6.45, 7) is 5.57. The number of hydrogen-bond acceptors (Lipinski definition) is 2. The highest BCUT2D eigenvalue weighted by Gasteiger charge is 2.44. The molecule has 4 rings (SSSR count). The summed E-state index contributed by atoms with van der Waals surface area (Å²) < 4.78 is 6.07. The van der Waals surface area contributed by atoms with Crippen molar-refractivity contribution in [2.75, 3.05) is 13.2 Å². The summed E-state index contributed by atoms with van der Waals surface area (Å²) in [5.41, 5.74) is 2.28. The summed E-state index contributed by atoms with van der Waals surface area (Å²) in [6.07, 6.45) is 4.18. The van der Waals surface area contributed by atoms with Gasteiger partial charge in [-0.05, 0) is 67.0 Å². The van der Waals surface area contributed by atoms with Crippen LogP contribution in [0.5, 0.6) is 0 Å². The molecule has 3 nitrogen and oxygen atoms in total. The number of likely N-dealkylation sites (tertiary alicyclic amines) is 1. The topological polar surface area (TPSA) is 29.5 Å². The second-order valence-electron chi connectivity index (χ2n) is 9.08. The Kier molecular flexibility index (Phi) is 7.26. The van der Waals surface area contributed by atoms with Gasteiger partial charge in [0.2, 0.25) is 5.91 Å². The fraction of sp³-hybridized carbons (Fsp3) is 0.500. The van der Waals surface area contributed by atoms with Crippen LogP contribution in [0.25, 0.3) is 0 Å². The van der Waals surface area contributed by atoms with Crippen molar-refractivity contribution in [1.29, 1.82) is 0 Å². The average Bonchev–Trinajstić information content (AvgIpc) is 3.58. The van der Waals surface area contributed by atoms with E-state index >= 15 is 0 Å². The van der Waals surface area contributed by atoms with Crippen molar-refractivity contribution in [3.63, 3.8) is 0 Å². The van der Waals surface area contributed by atoms with Crippen LogP contribution in [0.4, 0.5) is 0 Å². The molecule has 2 aromatic rings. The van der Waals surface area contributed by atoms with Crippen LogP contribution < -0.4 is 0 Å². The molecule has 0 bridgehead atoms. The number of ether oxygens (including phenoxy) is 1. The highest BCUT2D eigenvalue weighted by molar-refractivity contribution is 6.30. The number of carbonyl (C=O) groups is 1. The van der Waals surface area contributed by atoms with Crippen molar-refractivity contribution in [1.82, 2.24) is 4.90 Å². The van der Waals surface area contributed by atoms with Gasteiger partial charge in [0.1, 0.15) is 0 Å². The number of rotatable bonds is 8. The van der Waals surface area contributed by atoms with Crippen LogP contribution in [0.1, 0.15) is 62.6 Å². The fourth-order valence-electron chi connectivity index (χ4n) is 4.76. The lowest BCUT2D eigenvalue weighted by Crippen LogP contribution is -2.52. The van der Waals surface area contributed by atoms with Gasteiger partial charge in [-0.25, -0.2) is 0 Å². The third-order valence-corrected chi connectivity index (χ3v) is 7.17. The Balaban J connectivity index is 1.71. The molecule has 0 N–H and O–H groups in total. The van der Waals surface area contributed by atoms with Crippen molar-refractivity contribution >= 4 is 29.1 Å². The Morgan fingerprint density at radius 1 is 1.06 bits per heavy atom. The standard InChI is InChI=1S/C26H31Cl2NO2/c1-3-23(16-31-15-18-7-8-18)29-25(19-9-11-21(27)12-10-19)24(13-17(2)26(29)30)20-5-4-6-22(28)14-20/h4-6,9-12,14,17-18,23-25H,3,7-8,13,15-16H2,1-2H3/t17?,23-,24?,25?/m0/s1. The zero-order valence-electron chi connectivity index (χ0n) is 18.3. The lowest BCUT2D eigenvalue weighted by atomic mass is 9.75. The molecule has 1 aliphatic heterocycles. The maximum Gasteiger partial charge on any atom is 0.226 e. The van der Waals surface area contributed by atoms with Crippen LogP contribution in [-0.2, 0) is 9.53 Å². The van der Waals surface area contributed by atoms with Crippen LogP contribution in [0.3, 0.4) is 0 Å². The highest BCUT2D eigenvalue weighted by Crippen LogP contribution is 2.46. The largest absolute Gasteiger partial charge is 0.379 e. The lowest BCUT2D eigenvalue weighted by molar-refractivity contribution is -0.148. The molecule has 3 unspecified atom stereocenters. The van der Waals surface area contributed by atoms with Crippen LogP contribution in [0, 0.1) is 11.8 Å². The zero-order valence-corrected chi connectivity index (χ0v) is 19.8. The van der Waals surface area contributed by atoms with Crippen molar-refractivity contribution in [2.24, 2.45) is 11.8 Å². The minimum Gasteiger partial charge on any atom is -0.379 e. The van der Waals surface area contributed by atoms with Crippen LogP contribution >= 0.6 is 23.2 Å². The molecular weight excluding hydrogens is 429 g/mol. The first-order valence-electron chi connectivity index (χ1n) is 11.4. The molecule has 166 valence electrons. The SMILES string of the molecule is CC[C@@H](COCC1CC1)N1C(=O)C(C)CC(c2cccc(Cl)c2)C1c1ccc(Cl)cc1. The molecule has 0 spiro atoms. The molecule has 31 heavy (non-hydrogen) atoms. The van der Waals surface area contributed by atoms with Crippen molar-refractivity contribution < 1.29 is 9.53 Å². The summed E-state index contributed by atoms with van der Waals surface area (Å²) in [5.74, 6) is 1.02. The van der Waals surface area contributed by atoms with Gasteiger partial charge in [0.25, 0.3) is 0 Å². The minimum atomic E-state index is -0.0751. The molecule has 1 aliphatic carbocycles. The van der Waals surface area contributed by atoms with Gasteiger partial charge in [-0.3, -0.25) is 4.79 Å². The molecule has 1 amide bonds. The van der Waals surface area contributed by atoms with Gasteiger partial charge in [0.15, 0.2) is 0 Å². The number of carbonyl (C=O) groups excluding carboxylic acids is 1. The Morgan fingerprint density at radius 2 is 1.81 bits per heavy atom. The van der Waals surface area contributed by atoms with E-state index in [1.165, 1.54) is 18.4 Å². The molecule has 5 heteroatoms. The number of nitrogens with zero attached hydrogens (tertiary/aromatic N) is 1. The Bertz CT molecular complexity index is 897. The molecule has 2 aliphatic rings. The molecule has 1 saturated heterocycles. The van der Waals surface area contributed by atoms with Gasteiger partial charge in [-0.1, -0.05) is 61.3 Å². The van der Waals surface area contributed by atoms with E-state index in [1.807, 2.05) is 37.3 Å². The molecule has 0 radical (unpaired) electrons. The summed E-state index contributed by atoms with van der Waals surface area (Å²) in [5, 5.41) is 1.42. The van der Waals surface area contributed by atoms with Crippen LogP contribution in [-0.4, -0.2) is 30.1 Å². The van der Waals surface area contributed by atoms with Gasteiger partial charge in [0.05, 0.1) is 18.7 Å². The second kappa shape index (κ2) is 9.94. The normalized spacial score (nSPS) is 25.0. The van der Waals surface area contributed by atoms with E-state index in [2.05, 4.69) is 30.0 Å². The first-order valence-corrected chi connectivity index (χ1v) is 12.1. The summed E-state index contributed by atoms with van der Waals surface area (Å²) >= 11 is 12.5. The van der Waals surface area contributed by atoms with Crippen LogP contribution in [0.2, 0.25) is 10.0 Å². The van der Waals surface area contributed by atoms with E-state index < -0.39 is 0 Å². The van der Waals surface area contributed by atoms with Gasteiger partial charge >= 0.3 is 0 Å². The van der Waals surface area contributed by atoms with Gasteiger partial charge in [-0.2, -0.15) is 0 Å². The Labute approximate surface area is 195 Å². The Morgan fingerprint density at radius 3 is 2.45 bits per heavy atom. The first kappa shape index (κ1) is 22.6. The lowest BCUT2D eigenvalue weighted by Gasteiger charge is -2.48. The zero-order chi connectivity index (χ0) is 22.0. The minimum absolute atomic E-state index is 0.0383. The number of halogens is 2. The first-order chi connectivity index (χ1) is 15.0. The van der Waals surface area contributed by atoms with E-state index in [4.69, 9.17) is 27.9 Å².